The van der Waals surface area contributed by atoms with Gasteiger partial charge in [0.05, 0.1) is 0 Å². The molecule has 0 radical (unpaired) electrons. The van der Waals surface area contributed by atoms with E-state index in [4.69, 9.17) is 0 Å². The van der Waals surface area contributed by atoms with Crippen LogP contribution in [0.1, 0.15) is 61.9 Å². The minimum atomic E-state index is 0.0752. The standard InChI is InChI=1S/C13H10O.C8H16O/c14-13(11-7-3-1-4-8-11)12-9-5-2-6-10-12;1-3-4-5-6-7-8(2)9/h1-10H;3-7H2,1-2H3. The summed E-state index contributed by atoms with van der Waals surface area (Å²) in [6.07, 6.45) is 5.60. The van der Waals surface area contributed by atoms with E-state index >= 15 is 0 Å². The van der Waals surface area contributed by atoms with Gasteiger partial charge in [0, 0.05) is 17.5 Å². The first-order valence-electron chi connectivity index (χ1n) is 8.29. The summed E-state index contributed by atoms with van der Waals surface area (Å²) in [6, 6.07) is 18.6. The number of Topliss-reactive ketones (excluding diaryl/α,β-unsaturated/α-hetero) is 1. The van der Waals surface area contributed by atoms with Gasteiger partial charge in [-0.1, -0.05) is 86.8 Å². The van der Waals surface area contributed by atoms with Crippen LogP contribution in [0.4, 0.5) is 0 Å². The van der Waals surface area contributed by atoms with Gasteiger partial charge < -0.3 is 4.79 Å². The Bertz CT molecular complexity index is 532. The summed E-state index contributed by atoms with van der Waals surface area (Å²) in [7, 11) is 0. The SMILES string of the molecule is CCCCCCC(C)=O.O=C(c1ccccc1)c1ccccc1. The summed E-state index contributed by atoms with van der Waals surface area (Å²) in [5.74, 6) is 0.400. The van der Waals surface area contributed by atoms with Crippen molar-refractivity contribution in [2.45, 2.75) is 46.0 Å². The molecule has 2 rings (SSSR count). The highest BCUT2D eigenvalue weighted by atomic mass is 16.1. The molecule has 0 unspecified atom stereocenters. The molecule has 2 aromatic carbocycles. The lowest BCUT2D eigenvalue weighted by Gasteiger charge is -1.99. The van der Waals surface area contributed by atoms with Crippen molar-refractivity contribution in [2.75, 3.05) is 0 Å². The van der Waals surface area contributed by atoms with Gasteiger partial charge in [0.15, 0.2) is 5.78 Å². The highest BCUT2D eigenvalue weighted by Gasteiger charge is 2.06. The van der Waals surface area contributed by atoms with Gasteiger partial charge in [-0.25, -0.2) is 0 Å². The molecule has 0 aromatic heterocycles. The van der Waals surface area contributed by atoms with Crippen LogP contribution in [0.25, 0.3) is 0 Å². The number of carbonyl (C=O) groups is 2. The van der Waals surface area contributed by atoms with Crippen LogP contribution >= 0.6 is 0 Å². The van der Waals surface area contributed by atoms with Crippen LogP contribution in [0.3, 0.4) is 0 Å². The van der Waals surface area contributed by atoms with E-state index in [1.54, 1.807) is 6.92 Å². The second-order valence-electron chi connectivity index (χ2n) is 5.57. The second kappa shape index (κ2) is 11.4. The second-order valence-corrected chi connectivity index (χ2v) is 5.57. The van der Waals surface area contributed by atoms with Crippen LogP contribution in [-0.2, 0) is 4.79 Å². The van der Waals surface area contributed by atoms with Crippen LogP contribution in [-0.4, -0.2) is 11.6 Å². The molecule has 0 amide bonds. The monoisotopic (exact) mass is 310 g/mol. The van der Waals surface area contributed by atoms with Gasteiger partial charge >= 0.3 is 0 Å². The molecular weight excluding hydrogens is 284 g/mol. The Balaban J connectivity index is 0.000000257. The number of rotatable bonds is 7. The molecule has 2 heteroatoms. The first-order chi connectivity index (χ1) is 11.1. The normalized spacial score (nSPS) is 9.65. The number of hydrogen-bond donors (Lipinski definition) is 0. The average molecular weight is 310 g/mol. The Morgan fingerprint density at radius 2 is 1.22 bits per heavy atom. The summed E-state index contributed by atoms with van der Waals surface area (Å²) in [5, 5.41) is 0. The van der Waals surface area contributed by atoms with Gasteiger partial charge in [-0.2, -0.15) is 0 Å². The first kappa shape index (κ1) is 18.8. The first-order valence-corrected chi connectivity index (χ1v) is 8.29. The molecule has 0 N–H and O–H groups in total. The summed E-state index contributed by atoms with van der Waals surface area (Å²) in [5.41, 5.74) is 1.47. The summed E-state index contributed by atoms with van der Waals surface area (Å²) >= 11 is 0. The molecule has 0 atom stereocenters. The van der Waals surface area contributed by atoms with Gasteiger partial charge in [0.1, 0.15) is 5.78 Å². The fraction of sp³-hybridized carbons (Fsp3) is 0.333. The number of hydrogen-bond acceptors (Lipinski definition) is 2. The molecule has 0 aliphatic carbocycles. The van der Waals surface area contributed by atoms with E-state index in [0.29, 0.717) is 5.78 Å². The molecule has 0 saturated heterocycles. The zero-order chi connectivity index (χ0) is 16.9. The van der Waals surface area contributed by atoms with Crippen molar-refractivity contribution < 1.29 is 9.59 Å². The lowest BCUT2D eigenvalue weighted by molar-refractivity contribution is -0.117. The largest absolute Gasteiger partial charge is 0.300 e. The Morgan fingerprint density at radius 3 is 1.61 bits per heavy atom. The fourth-order valence-electron chi connectivity index (χ4n) is 2.15. The van der Waals surface area contributed by atoms with Crippen molar-refractivity contribution >= 4 is 11.6 Å². The van der Waals surface area contributed by atoms with Crippen molar-refractivity contribution in [2.24, 2.45) is 0 Å². The van der Waals surface area contributed by atoms with Gasteiger partial charge in [-0.15, -0.1) is 0 Å². The number of benzene rings is 2. The van der Waals surface area contributed by atoms with Crippen LogP contribution in [0.15, 0.2) is 60.7 Å². The van der Waals surface area contributed by atoms with E-state index < -0.39 is 0 Å². The summed E-state index contributed by atoms with van der Waals surface area (Å²) in [6.45, 7) is 3.83. The van der Waals surface area contributed by atoms with E-state index in [0.717, 1.165) is 24.0 Å². The highest BCUT2D eigenvalue weighted by molar-refractivity contribution is 6.08. The third kappa shape index (κ3) is 8.10. The van der Waals surface area contributed by atoms with Gasteiger partial charge in [0.2, 0.25) is 0 Å². The summed E-state index contributed by atoms with van der Waals surface area (Å²) in [4.78, 5) is 22.3. The maximum atomic E-state index is 11.8. The molecule has 0 aliphatic rings. The third-order valence-electron chi connectivity index (χ3n) is 3.45. The molecule has 23 heavy (non-hydrogen) atoms. The Hall–Kier alpha value is -2.22. The molecule has 122 valence electrons. The highest BCUT2D eigenvalue weighted by Crippen LogP contribution is 2.08. The lowest BCUT2D eigenvalue weighted by atomic mass is 10.0. The Labute approximate surface area is 139 Å². The van der Waals surface area contributed by atoms with Crippen LogP contribution in [0.2, 0.25) is 0 Å². The zero-order valence-electron chi connectivity index (χ0n) is 14.1. The van der Waals surface area contributed by atoms with Crippen molar-refractivity contribution in [3.8, 4) is 0 Å². The van der Waals surface area contributed by atoms with Crippen LogP contribution < -0.4 is 0 Å². The van der Waals surface area contributed by atoms with Gasteiger partial charge in [-0.3, -0.25) is 4.79 Å². The molecule has 0 fully saturated rings. The van der Waals surface area contributed by atoms with Gasteiger partial charge in [-0.05, 0) is 13.3 Å². The molecule has 2 nitrogen and oxygen atoms in total. The van der Waals surface area contributed by atoms with Crippen molar-refractivity contribution in [3.63, 3.8) is 0 Å². The molecule has 0 saturated carbocycles. The van der Waals surface area contributed by atoms with E-state index in [1.807, 2.05) is 60.7 Å². The smallest absolute Gasteiger partial charge is 0.193 e. The van der Waals surface area contributed by atoms with Gasteiger partial charge in [0.25, 0.3) is 0 Å². The van der Waals surface area contributed by atoms with E-state index in [-0.39, 0.29) is 5.78 Å². The maximum Gasteiger partial charge on any atom is 0.193 e. The predicted octanol–water partition coefficient (Wildman–Crippen LogP) is 5.46. The Morgan fingerprint density at radius 1 is 0.739 bits per heavy atom. The topological polar surface area (TPSA) is 34.1 Å². The van der Waals surface area contributed by atoms with E-state index in [2.05, 4.69) is 6.92 Å². The fourth-order valence-corrected chi connectivity index (χ4v) is 2.15. The number of ketones is 2. The molecular formula is C21H26O2. The molecule has 0 spiro atoms. The maximum absolute atomic E-state index is 11.8. The summed E-state index contributed by atoms with van der Waals surface area (Å²) < 4.78 is 0. The zero-order valence-corrected chi connectivity index (χ0v) is 14.1. The predicted molar refractivity (Wildman–Crippen MR) is 95.8 cm³/mol. The van der Waals surface area contributed by atoms with E-state index in [9.17, 15) is 9.59 Å². The van der Waals surface area contributed by atoms with E-state index in [1.165, 1.54) is 19.3 Å². The molecule has 0 heterocycles. The molecule has 0 bridgehead atoms. The minimum Gasteiger partial charge on any atom is -0.300 e. The van der Waals surface area contributed by atoms with Crippen molar-refractivity contribution in [1.82, 2.24) is 0 Å². The third-order valence-corrected chi connectivity index (χ3v) is 3.45. The van der Waals surface area contributed by atoms with Crippen LogP contribution in [0.5, 0.6) is 0 Å². The lowest BCUT2D eigenvalue weighted by Crippen LogP contribution is -1.99. The van der Waals surface area contributed by atoms with Crippen molar-refractivity contribution in [1.29, 1.82) is 0 Å². The average Bonchev–Trinajstić information content (AvgIpc) is 2.60. The molecule has 2 aromatic rings. The quantitative estimate of drug-likeness (QED) is 0.502. The number of carbonyl (C=O) groups excluding carboxylic acids is 2. The Kier molecular flexibility index (Phi) is 9.30. The number of unbranched alkanes of at least 4 members (excludes halogenated alkanes) is 3. The van der Waals surface area contributed by atoms with Crippen molar-refractivity contribution in [3.05, 3.63) is 71.8 Å². The van der Waals surface area contributed by atoms with Crippen LogP contribution in [0, 0.1) is 0 Å². The minimum absolute atomic E-state index is 0.0752. The molecule has 0 aliphatic heterocycles.